The van der Waals surface area contributed by atoms with Gasteiger partial charge in [0.2, 0.25) is 0 Å². The Hall–Kier alpha value is -1.47. The highest BCUT2D eigenvalue weighted by Crippen LogP contribution is 2.15. The molecule has 0 saturated heterocycles. The van der Waals surface area contributed by atoms with E-state index in [9.17, 15) is 4.79 Å². The first kappa shape index (κ1) is 14.9. The lowest BCUT2D eigenvalue weighted by Crippen LogP contribution is -2.29. The summed E-state index contributed by atoms with van der Waals surface area (Å²) in [7, 11) is 1.99. The van der Waals surface area contributed by atoms with Crippen LogP contribution in [0.2, 0.25) is 5.02 Å². The highest BCUT2D eigenvalue weighted by molar-refractivity contribution is 7.11. The van der Waals surface area contributed by atoms with Crippen molar-refractivity contribution in [1.29, 1.82) is 0 Å². The van der Waals surface area contributed by atoms with Crippen LogP contribution in [0.5, 0.6) is 0 Å². The van der Waals surface area contributed by atoms with E-state index in [2.05, 4.69) is 15.3 Å². The van der Waals surface area contributed by atoms with Crippen molar-refractivity contribution >= 4 is 28.8 Å². The van der Waals surface area contributed by atoms with Gasteiger partial charge in [-0.1, -0.05) is 23.7 Å². The minimum atomic E-state index is -0.362. The molecule has 2 rings (SSSR count). The van der Waals surface area contributed by atoms with E-state index in [1.807, 2.05) is 36.7 Å². The number of benzene rings is 1. The zero-order valence-electron chi connectivity index (χ0n) is 11.0. The van der Waals surface area contributed by atoms with E-state index >= 15 is 0 Å². The molecule has 2 aromatic rings. The third-order valence-corrected chi connectivity index (χ3v) is 3.78. The molecule has 1 aromatic heterocycles. The number of rotatable bonds is 5. The Morgan fingerprint density at radius 3 is 3.00 bits per heavy atom. The fraction of sp³-hybridized carbons (Fsp3) is 0.231. The maximum absolute atomic E-state index is 11.3. The minimum Gasteiger partial charge on any atom is -0.296 e. The average molecular weight is 311 g/mol. The van der Waals surface area contributed by atoms with E-state index in [0.29, 0.717) is 11.6 Å². The molecular formula is C13H15ClN4OS. The summed E-state index contributed by atoms with van der Waals surface area (Å²) in [6, 6.07) is 7.74. The van der Waals surface area contributed by atoms with Crippen molar-refractivity contribution in [3.63, 3.8) is 0 Å². The van der Waals surface area contributed by atoms with Gasteiger partial charge < -0.3 is 0 Å². The van der Waals surface area contributed by atoms with Crippen molar-refractivity contribution in [2.24, 2.45) is 5.84 Å². The zero-order valence-corrected chi connectivity index (χ0v) is 12.5. The molecule has 0 unspecified atom stereocenters. The van der Waals surface area contributed by atoms with Gasteiger partial charge in [-0.25, -0.2) is 10.8 Å². The van der Waals surface area contributed by atoms with Crippen molar-refractivity contribution in [3.05, 3.63) is 50.9 Å². The topological polar surface area (TPSA) is 71.2 Å². The van der Waals surface area contributed by atoms with Gasteiger partial charge in [-0.3, -0.25) is 15.1 Å². The Labute approximate surface area is 126 Å². The standard InChI is InChI=1S/C13H15ClN4OS/c1-18(6-9-3-2-4-10(14)5-9)7-11-8-20-13(16-11)12(19)17-15/h2-5,8H,6-7,15H2,1H3,(H,17,19). The first-order chi connectivity index (χ1) is 9.58. The number of nitrogens with two attached hydrogens (primary N) is 1. The van der Waals surface area contributed by atoms with E-state index in [4.69, 9.17) is 17.4 Å². The molecule has 0 saturated carbocycles. The second-order valence-electron chi connectivity index (χ2n) is 4.42. The quantitative estimate of drug-likeness (QED) is 0.503. The lowest BCUT2D eigenvalue weighted by Gasteiger charge is -2.15. The summed E-state index contributed by atoms with van der Waals surface area (Å²) in [5.41, 5.74) is 4.05. The summed E-state index contributed by atoms with van der Waals surface area (Å²) in [6.07, 6.45) is 0. The molecule has 0 spiro atoms. The zero-order chi connectivity index (χ0) is 14.5. The number of hydrogen-bond acceptors (Lipinski definition) is 5. The second kappa shape index (κ2) is 6.81. The van der Waals surface area contributed by atoms with Crippen LogP contribution in [0.15, 0.2) is 29.6 Å². The van der Waals surface area contributed by atoms with Crippen LogP contribution in [-0.2, 0) is 13.1 Å². The Bertz CT molecular complexity index is 602. The van der Waals surface area contributed by atoms with Crippen molar-refractivity contribution < 1.29 is 4.79 Å². The van der Waals surface area contributed by atoms with Gasteiger partial charge in [-0.15, -0.1) is 11.3 Å². The Balaban J connectivity index is 1.96. The lowest BCUT2D eigenvalue weighted by atomic mass is 10.2. The summed E-state index contributed by atoms with van der Waals surface area (Å²) >= 11 is 7.24. The Morgan fingerprint density at radius 2 is 2.30 bits per heavy atom. The average Bonchev–Trinajstić information content (AvgIpc) is 2.86. The SMILES string of the molecule is CN(Cc1cccc(Cl)c1)Cc1csc(C(=O)NN)n1. The molecule has 0 aliphatic heterocycles. The molecule has 106 valence electrons. The first-order valence-electron chi connectivity index (χ1n) is 5.97. The molecule has 1 heterocycles. The van der Waals surface area contributed by atoms with Crippen molar-refractivity contribution in [2.45, 2.75) is 13.1 Å². The molecule has 1 amide bonds. The van der Waals surface area contributed by atoms with Crippen LogP contribution in [0.4, 0.5) is 0 Å². The van der Waals surface area contributed by atoms with Crippen LogP contribution in [0.3, 0.4) is 0 Å². The number of nitrogens with zero attached hydrogens (tertiary/aromatic N) is 2. The van der Waals surface area contributed by atoms with Gasteiger partial charge in [-0.2, -0.15) is 0 Å². The van der Waals surface area contributed by atoms with Gasteiger partial charge in [0.15, 0.2) is 5.01 Å². The number of amides is 1. The first-order valence-corrected chi connectivity index (χ1v) is 7.22. The van der Waals surface area contributed by atoms with Crippen molar-refractivity contribution in [3.8, 4) is 0 Å². The molecule has 7 heteroatoms. The maximum atomic E-state index is 11.3. The Morgan fingerprint density at radius 1 is 1.50 bits per heavy atom. The fourth-order valence-corrected chi connectivity index (χ4v) is 2.75. The van der Waals surface area contributed by atoms with Gasteiger partial charge in [0.25, 0.3) is 5.91 Å². The molecular weight excluding hydrogens is 296 g/mol. The third-order valence-electron chi connectivity index (χ3n) is 2.65. The van der Waals surface area contributed by atoms with Crippen LogP contribution in [0, 0.1) is 0 Å². The number of nitrogen functional groups attached to an aromatic ring is 1. The number of aromatic nitrogens is 1. The predicted molar refractivity (Wildman–Crippen MR) is 80.4 cm³/mol. The number of nitrogens with one attached hydrogen (secondary N) is 1. The normalized spacial score (nSPS) is 10.8. The molecule has 20 heavy (non-hydrogen) atoms. The van der Waals surface area contributed by atoms with Crippen LogP contribution in [0.25, 0.3) is 0 Å². The predicted octanol–water partition coefficient (Wildman–Crippen LogP) is 2.03. The summed E-state index contributed by atoms with van der Waals surface area (Å²) in [5, 5.41) is 2.96. The number of carbonyl (C=O) groups excluding carboxylic acids is 1. The molecule has 0 aliphatic rings. The van der Waals surface area contributed by atoms with Crippen LogP contribution in [-0.4, -0.2) is 22.8 Å². The van der Waals surface area contributed by atoms with E-state index in [1.54, 1.807) is 0 Å². The summed E-state index contributed by atoms with van der Waals surface area (Å²) in [5.74, 6) is 4.71. The third kappa shape index (κ3) is 4.01. The number of hydrazine groups is 1. The molecule has 3 N–H and O–H groups in total. The molecule has 0 aliphatic carbocycles. The number of halogens is 1. The fourth-order valence-electron chi connectivity index (χ4n) is 1.83. The highest BCUT2D eigenvalue weighted by Gasteiger charge is 2.11. The second-order valence-corrected chi connectivity index (χ2v) is 5.71. The van der Waals surface area contributed by atoms with E-state index in [1.165, 1.54) is 11.3 Å². The molecule has 5 nitrogen and oxygen atoms in total. The maximum Gasteiger partial charge on any atom is 0.294 e. The van der Waals surface area contributed by atoms with Gasteiger partial charge in [-0.05, 0) is 24.7 Å². The summed E-state index contributed by atoms with van der Waals surface area (Å²) in [4.78, 5) is 17.7. The molecule has 0 fully saturated rings. The largest absolute Gasteiger partial charge is 0.296 e. The van der Waals surface area contributed by atoms with Crippen LogP contribution < -0.4 is 11.3 Å². The van der Waals surface area contributed by atoms with Gasteiger partial charge >= 0.3 is 0 Å². The van der Waals surface area contributed by atoms with Crippen molar-refractivity contribution in [1.82, 2.24) is 15.3 Å². The van der Waals surface area contributed by atoms with Crippen LogP contribution in [0.1, 0.15) is 21.1 Å². The van der Waals surface area contributed by atoms with Crippen LogP contribution >= 0.6 is 22.9 Å². The van der Waals surface area contributed by atoms with Gasteiger partial charge in [0.05, 0.1) is 5.69 Å². The molecule has 0 radical (unpaired) electrons. The monoisotopic (exact) mass is 310 g/mol. The molecule has 0 atom stereocenters. The lowest BCUT2D eigenvalue weighted by molar-refractivity contribution is 0.0953. The Kier molecular flexibility index (Phi) is 5.08. The van der Waals surface area contributed by atoms with Gasteiger partial charge in [0, 0.05) is 23.5 Å². The van der Waals surface area contributed by atoms with Gasteiger partial charge in [0.1, 0.15) is 0 Å². The number of thiazole rings is 1. The highest BCUT2D eigenvalue weighted by atomic mass is 35.5. The molecule has 1 aromatic carbocycles. The summed E-state index contributed by atoms with van der Waals surface area (Å²) < 4.78 is 0. The smallest absolute Gasteiger partial charge is 0.294 e. The van der Waals surface area contributed by atoms with E-state index in [-0.39, 0.29) is 5.91 Å². The number of carbonyl (C=O) groups is 1. The summed E-state index contributed by atoms with van der Waals surface area (Å²) in [6.45, 7) is 1.41. The van der Waals surface area contributed by atoms with E-state index in [0.717, 1.165) is 22.8 Å². The van der Waals surface area contributed by atoms with Crippen molar-refractivity contribution in [2.75, 3.05) is 7.05 Å². The minimum absolute atomic E-state index is 0.362. The number of hydrogen-bond donors (Lipinski definition) is 2. The molecule has 0 bridgehead atoms. The van der Waals surface area contributed by atoms with E-state index < -0.39 is 0 Å².